The molecular weight excluding hydrogens is 440 g/mol. The molecule has 176 valence electrons. The molecule has 6 nitrogen and oxygen atoms in total. The maximum absolute atomic E-state index is 13.3. The number of ketones is 1. The number of carbonyl (C=O) groups is 3. The van der Waals surface area contributed by atoms with E-state index < -0.39 is 6.04 Å². The Labute approximate surface area is 200 Å². The van der Waals surface area contributed by atoms with Gasteiger partial charge in [-0.3, -0.25) is 14.4 Å². The number of Topliss-reactive ketones (excluding diaryl/α,β-unsaturated/α-hetero) is 1. The minimum absolute atomic E-state index is 0.0209. The first-order chi connectivity index (χ1) is 15.8. The molecule has 1 fully saturated rings. The first-order valence-electron chi connectivity index (χ1n) is 11.4. The van der Waals surface area contributed by atoms with Gasteiger partial charge in [0.25, 0.3) is 5.91 Å². The van der Waals surface area contributed by atoms with Gasteiger partial charge < -0.3 is 15.0 Å². The number of ether oxygens (including phenoxy) is 1. The van der Waals surface area contributed by atoms with Gasteiger partial charge in [-0.15, -0.1) is 0 Å². The van der Waals surface area contributed by atoms with Gasteiger partial charge >= 0.3 is 0 Å². The van der Waals surface area contributed by atoms with Gasteiger partial charge in [0.05, 0.1) is 7.11 Å². The Bertz CT molecular complexity index is 967. The van der Waals surface area contributed by atoms with E-state index in [1.54, 1.807) is 60.5 Å². The van der Waals surface area contributed by atoms with Crippen LogP contribution in [0, 0.1) is 11.8 Å². The quantitative estimate of drug-likeness (QED) is 0.571. The van der Waals surface area contributed by atoms with Crippen molar-refractivity contribution in [3.05, 3.63) is 64.7 Å². The number of methoxy groups -OCH3 is 1. The number of carbonyl (C=O) groups excluding carboxylic acids is 3. The van der Waals surface area contributed by atoms with E-state index in [2.05, 4.69) is 5.32 Å². The van der Waals surface area contributed by atoms with Crippen LogP contribution in [0.1, 0.15) is 53.8 Å². The molecule has 3 rings (SSSR count). The van der Waals surface area contributed by atoms with Crippen molar-refractivity contribution in [3.63, 3.8) is 0 Å². The van der Waals surface area contributed by atoms with Crippen molar-refractivity contribution in [2.45, 2.75) is 39.2 Å². The highest BCUT2D eigenvalue weighted by Gasteiger charge is 2.34. The van der Waals surface area contributed by atoms with Gasteiger partial charge in [0.2, 0.25) is 5.91 Å². The number of benzene rings is 2. The Kier molecular flexibility index (Phi) is 8.50. The molecule has 2 unspecified atom stereocenters. The van der Waals surface area contributed by atoms with E-state index in [1.165, 1.54) is 0 Å². The first-order valence-corrected chi connectivity index (χ1v) is 11.7. The van der Waals surface area contributed by atoms with Crippen LogP contribution in [0.15, 0.2) is 48.5 Å². The SMILES string of the molecule is CCC(C)C(NC(=O)c1ccc(Cl)cc1)C(=O)N1CCC(C(=O)c2ccc(OC)cc2)CC1. The first kappa shape index (κ1) is 24.8. The third-order valence-electron chi connectivity index (χ3n) is 6.42. The van der Waals surface area contributed by atoms with Crippen LogP contribution in [0.4, 0.5) is 0 Å². The Morgan fingerprint density at radius 3 is 2.15 bits per heavy atom. The van der Waals surface area contributed by atoms with Crippen LogP contribution in [0.3, 0.4) is 0 Å². The van der Waals surface area contributed by atoms with Gasteiger partial charge in [0.15, 0.2) is 5.78 Å². The van der Waals surface area contributed by atoms with Gasteiger partial charge in [-0.1, -0.05) is 31.9 Å². The predicted molar refractivity (Wildman–Crippen MR) is 129 cm³/mol. The lowest BCUT2D eigenvalue weighted by atomic mass is 9.88. The van der Waals surface area contributed by atoms with Crippen LogP contribution >= 0.6 is 11.6 Å². The molecule has 2 aromatic rings. The van der Waals surface area contributed by atoms with E-state index in [4.69, 9.17) is 16.3 Å². The Hall–Kier alpha value is -2.86. The smallest absolute Gasteiger partial charge is 0.251 e. The lowest BCUT2D eigenvalue weighted by Gasteiger charge is -2.35. The fraction of sp³-hybridized carbons (Fsp3) is 0.423. The highest BCUT2D eigenvalue weighted by Crippen LogP contribution is 2.24. The lowest BCUT2D eigenvalue weighted by molar-refractivity contribution is -0.135. The second-order valence-electron chi connectivity index (χ2n) is 8.54. The van der Waals surface area contributed by atoms with Gasteiger partial charge in [0, 0.05) is 35.2 Å². The van der Waals surface area contributed by atoms with E-state index in [9.17, 15) is 14.4 Å². The van der Waals surface area contributed by atoms with E-state index in [-0.39, 0.29) is 29.4 Å². The fourth-order valence-corrected chi connectivity index (χ4v) is 4.18. The highest BCUT2D eigenvalue weighted by molar-refractivity contribution is 6.30. The predicted octanol–water partition coefficient (Wildman–Crippen LogP) is 4.61. The topological polar surface area (TPSA) is 75.7 Å². The molecule has 1 saturated heterocycles. The van der Waals surface area contributed by atoms with Crippen LogP contribution in [0.5, 0.6) is 5.75 Å². The summed E-state index contributed by atoms with van der Waals surface area (Å²) in [5.74, 6) is 0.278. The Morgan fingerprint density at radius 2 is 1.61 bits per heavy atom. The minimum atomic E-state index is -0.619. The van der Waals surface area contributed by atoms with Crippen LogP contribution in [-0.4, -0.2) is 48.7 Å². The largest absolute Gasteiger partial charge is 0.497 e. The molecule has 1 N–H and O–H groups in total. The molecular formula is C26H31ClN2O4. The number of nitrogens with zero attached hydrogens (tertiary/aromatic N) is 1. The Balaban J connectivity index is 1.62. The van der Waals surface area contributed by atoms with Crippen molar-refractivity contribution in [3.8, 4) is 5.75 Å². The molecule has 1 heterocycles. The molecule has 2 amide bonds. The van der Waals surface area contributed by atoms with E-state index in [0.29, 0.717) is 47.8 Å². The van der Waals surface area contributed by atoms with Crippen LogP contribution in [0.2, 0.25) is 5.02 Å². The molecule has 2 atom stereocenters. The molecule has 0 aromatic heterocycles. The summed E-state index contributed by atoms with van der Waals surface area (Å²) in [5, 5.41) is 3.47. The van der Waals surface area contributed by atoms with Gasteiger partial charge in [0.1, 0.15) is 11.8 Å². The summed E-state index contributed by atoms with van der Waals surface area (Å²) in [4.78, 5) is 40.7. The summed E-state index contributed by atoms with van der Waals surface area (Å²) >= 11 is 5.91. The average molecular weight is 471 g/mol. The zero-order chi connectivity index (χ0) is 24.0. The second-order valence-corrected chi connectivity index (χ2v) is 8.97. The summed E-state index contributed by atoms with van der Waals surface area (Å²) < 4.78 is 5.16. The number of piperidine rings is 1. The van der Waals surface area contributed by atoms with Gasteiger partial charge in [-0.2, -0.15) is 0 Å². The molecule has 0 bridgehead atoms. The normalized spacial score (nSPS) is 16.1. The van der Waals surface area contributed by atoms with Gasteiger partial charge in [-0.25, -0.2) is 0 Å². The van der Waals surface area contributed by atoms with Crippen LogP contribution < -0.4 is 10.1 Å². The molecule has 33 heavy (non-hydrogen) atoms. The van der Waals surface area contributed by atoms with E-state index in [1.807, 2.05) is 13.8 Å². The zero-order valence-electron chi connectivity index (χ0n) is 19.3. The summed E-state index contributed by atoms with van der Waals surface area (Å²) in [6.07, 6.45) is 1.97. The zero-order valence-corrected chi connectivity index (χ0v) is 20.1. The molecule has 1 aliphatic rings. The number of halogens is 1. The standard InChI is InChI=1S/C26H31ClN2O4/c1-4-17(2)23(28-25(31)20-5-9-21(27)10-6-20)26(32)29-15-13-19(14-16-29)24(30)18-7-11-22(33-3)12-8-18/h5-12,17,19,23H,4,13-16H2,1-3H3,(H,28,31). The molecule has 0 radical (unpaired) electrons. The highest BCUT2D eigenvalue weighted by atomic mass is 35.5. The summed E-state index contributed by atoms with van der Waals surface area (Å²) in [7, 11) is 1.59. The Morgan fingerprint density at radius 1 is 1.03 bits per heavy atom. The van der Waals surface area contributed by atoms with E-state index >= 15 is 0 Å². The van der Waals surface area contributed by atoms with Crippen molar-refractivity contribution < 1.29 is 19.1 Å². The second kappa shape index (κ2) is 11.3. The molecule has 1 aliphatic heterocycles. The monoisotopic (exact) mass is 470 g/mol. The maximum atomic E-state index is 13.3. The number of nitrogens with one attached hydrogen (secondary N) is 1. The number of hydrogen-bond acceptors (Lipinski definition) is 4. The molecule has 0 spiro atoms. The van der Waals surface area contributed by atoms with Gasteiger partial charge in [-0.05, 0) is 67.3 Å². The average Bonchev–Trinajstić information content (AvgIpc) is 2.86. The van der Waals surface area contributed by atoms with Crippen molar-refractivity contribution in [1.29, 1.82) is 0 Å². The number of amides is 2. The third kappa shape index (κ3) is 6.14. The van der Waals surface area contributed by atoms with Crippen molar-refractivity contribution in [2.24, 2.45) is 11.8 Å². The summed E-state index contributed by atoms with van der Waals surface area (Å²) in [5.41, 5.74) is 1.12. The summed E-state index contributed by atoms with van der Waals surface area (Å²) in [6.45, 7) is 4.95. The number of hydrogen-bond donors (Lipinski definition) is 1. The molecule has 7 heteroatoms. The minimum Gasteiger partial charge on any atom is -0.497 e. The molecule has 0 saturated carbocycles. The van der Waals surface area contributed by atoms with Crippen molar-refractivity contribution >= 4 is 29.2 Å². The number of rotatable bonds is 8. The third-order valence-corrected chi connectivity index (χ3v) is 6.68. The molecule has 2 aromatic carbocycles. The fourth-order valence-electron chi connectivity index (χ4n) is 4.06. The van der Waals surface area contributed by atoms with E-state index in [0.717, 1.165) is 6.42 Å². The van der Waals surface area contributed by atoms with Crippen molar-refractivity contribution in [1.82, 2.24) is 10.2 Å². The lowest BCUT2D eigenvalue weighted by Crippen LogP contribution is -2.53. The van der Waals surface area contributed by atoms with Crippen molar-refractivity contribution in [2.75, 3.05) is 20.2 Å². The van der Waals surface area contributed by atoms with Crippen LogP contribution in [-0.2, 0) is 4.79 Å². The number of likely N-dealkylation sites (tertiary alicyclic amines) is 1. The van der Waals surface area contributed by atoms with Crippen LogP contribution in [0.25, 0.3) is 0 Å². The maximum Gasteiger partial charge on any atom is 0.251 e. The molecule has 0 aliphatic carbocycles. The summed E-state index contributed by atoms with van der Waals surface area (Å²) in [6, 6.07) is 13.1.